The summed E-state index contributed by atoms with van der Waals surface area (Å²) >= 11 is 0. The average molecular weight is 388 g/mol. The SMILES string of the molecule is O=C(N1CCCCC1)C1(C(=O)N2CCOCC2)C=C[C](N2CCNCC2)C=C1. The third-order valence-electron chi connectivity index (χ3n) is 6.17. The number of piperidine rings is 1. The summed E-state index contributed by atoms with van der Waals surface area (Å²) in [5.41, 5.74) is -1.22. The molecule has 153 valence electrons. The number of hydrogen-bond acceptors (Lipinski definition) is 5. The number of likely N-dealkylation sites (tertiary alicyclic amines) is 1. The largest absolute Gasteiger partial charge is 0.378 e. The number of carbonyl (C=O) groups is 2. The molecular formula is C21H31N4O3. The van der Waals surface area contributed by atoms with Gasteiger partial charge in [0.25, 0.3) is 0 Å². The second kappa shape index (κ2) is 8.76. The van der Waals surface area contributed by atoms with Gasteiger partial charge in [-0.3, -0.25) is 14.5 Å². The Hall–Kier alpha value is -1.70. The highest BCUT2D eigenvalue weighted by Gasteiger charge is 2.48. The number of piperazine rings is 1. The second-order valence-corrected chi connectivity index (χ2v) is 7.96. The number of amides is 2. The molecule has 3 fully saturated rings. The molecule has 0 unspecified atom stereocenters. The number of morpholine rings is 1. The predicted octanol–water partition coefficient (Wildman–Crippen LogP) is 0.407. The van der Waals surface area contributed by atoms with Crippen molar-refractivity contribution in [3.8, 4) is 0 Å². The van der Waals surface area contributed by atoms with Gasteiger partial charge in [0.15, 0.2) is 5.41 Å². The topological polar surface area (TPSA) is 65.1 Å². The van der Waals surface area contributed by atoms with E-state index in [1.165, 1.54) is 0 Å². The standard InChI is InChI=1S/C21H31N4O3/c26-19(24-10-2-1-3-11-24)21(20(27)25-14-16-28-17-15-25)6-4-18(5-7-21)23-12-8-22-9-13-23/h4-7,22H,1-3,8-17H2. The first kappa shape index (κ1) is 19.6. The fraction of sp³-hybridized carbons (Fsp3) is 0.667. The predicted molar refractivity (Wildman–Crippen MR) is 106 cm³/mol. The summed E-state index contributed by atoms with van der Waals surface area (Å²) in [4.78, 5) is 33.1. The number of ether oxygens (including phenoxy) is 1. The van der Waals surface area contributed by atoms with Crippen molar-refractivity contribution in [3.63, 3.8) is 0 Å². The number of nitrogens with zero attached hydrogens (tertiary/aromatic N) is 3. The first-order valence-electron chi connectivity index (χ1n) is 10.6. The molecule has 1 N–H and O–H groups in total. The molecule has 28 heavy (non-hydrogen) atoms. The van der Waals surface area contributed by atoms with Crippen LogP contribution >= 0.6 is 0 Å². The zero-order chi connectivity index (χ0) is 19.4. The van der Waals surface area contributed by atoms with Gasteiger partial charge in [0, 0.05) is 52.4 Å². The van der Waals surface area contributed by atoms with E-state index in [2.05, 4.69) is 10.2 Å². The van der Waals surface area contributed by atoms with Gasteiger partial charge in [0.2, 0.25) is 11.8 Å². The van der Waals surface area contributed by atoms with Crippen LogP contribution in [0.5, 0.6) is 0 Å². The van der Waals surface area contributed by atoms with E-state index in [4.69, 9.17) is 4.74 Å². The third kappa shape index (κ3) is 3.88. The van der Waals surface area contributed by atoms with Gasteiger partial charge in [0.05, 0.1) is 19.3 Å². The maximum atomic E-state index is 13.6. The number of carbonyl (C=O) groups excluding carboxylic acids is 2. The Kier molecular flexibility index (Phi) is 6.13. The molecule has 0 aromatic carbocycles. The summed E-state index contributed by atoms with van der Waals surface area (Å²) < 4.78 is 5.40. The lowest BCUT2D eigenvalue weighted by atomic mass is 9.79. The van der Waals surface area contributed by atoms with Crippen LogP contribution in [0.4, 0.5) is 0 Å². The summed E-state index contributed by atoms with van der Waals surface area (Å²) in [6, 6.07) is 1.08. The molecule has 3 aliphatic heterocycles. The van der Waals surface area contributed by atoms with Gasteiger partial charge in [-0.25, -0.2) is 0 Å². The minimum atomic E-state index is -1.22. The molecule has 0 atom stereocenters. The molecule has 7 nitrogen and oxygen atoms in total. The van der Waals surface area contributed by atoms with Crippen molar-refractivity contribution >= 4 is 11.8 Å². The van der Waals surface area contributed by atoms with E-state index in [1.807, 2.05) is 29.2 Å². The Labute approximate surface area is 167 Å². The molecule has 0 spiro atoms. The minimum absolute atomic E-state index is 0.0736. The summed E-state index contributed by atoms with van der Waals surface area (Å²) in [5, 5.41) is 3.36. The fourth-order valence-electron chi connectivity index (χ4n) is 4.44. The van der Waals surface area contributed by atoms with Crippen LogP contribution in [0.1, 0.15) is 19.3 Å². The van der Waals surface area contributed by atoms with Gasteiger partial charge < -0.3 is 19.9 Å². The van der Waals surface area contributed by atoms with Gasteiger partial charge >= 0.3 is 0 Å². The van der Waals surface area contributed by atoms with Crippen molar-refractivity contribution in [3.05, 3.63) is 30.3 Å². The van der Waals surface area contributed by atoms with E-state index < -0.39 is 5.41 Å². The van der Waals surface area contributed by atoms with Crippen LogP contribution in [0.25, 0.3) is 0 Å². The van der Waals surface area contributed by atoms with Crippen LogP contribution in [-0.4, -0.2) is 92.1 Å². The molecule has 3 heterocycles. The van der Waals surface area contributed by atoms with Crippen molar-refractivity contribution in [2.75, 3.05) is 65.6 Å². The lowest BCUT2D eigenvalue weighted by molar-refractivity contribution is -0.152. The summed E-state index contributed by atoms with van der Waals surface area (Å²) in [7, 11) is 0. The highest BCUT2D eigenvalue weighted by molar-refractivity contribution is 6.09. The summed E-state index contributed by atoms with van der Waals surface area (Å²) in [5.74, 6) is -0.186. The Morgan fingerprint density at radius 2 is 1.39 bits per heavy atom. The smallest absolute Gasteiger partial charge is 0.246 e. The molecule has 4 aliphatic rings. The zero-order valence-corrected chi connectivity index (χ0v) is 16.6. The molecule has 1 aliphatic carbocycles. The molecule has 7 heteroatoms. The molecule has 0 aromatic rings. The minimum Gasteiger partial charge on any atom is -0.378 e. The van der Waals surface area contributed by atoms with Crippen molar-refractivity contribution in [1.29, 1.82) is 0 Å². The van der Waals surface area contributed by atoms with Crippen LogP contribution in [0.2, 0.25) is 0 Å². The van der Waals surface area contributed by atoms with Crippen LogP contribution in [-0.2, 0) is 14.3 Å². The van der Waals surface area contributed by atoms with E-state index in [0.717, 1.165) is 64.6 Å². The normalized spacial score (nSPS) is 26.4. The lowest BCUT2D eigenvalue weighted by Crippen LogP contribution is -2.56. The third-order valence-corrected chi connectivity index (χ3v) is 6.17. The summed E-state index contributed by atoms with van der Waals surface area (Å²) in [6.07, 6.45) is 10.8. The van der Waals surface area contributed by atoms with Crippen LogP contribution < -0.4 is 5.32 Å². The Morgan fingerprint density at radius 3 is 2.00 bits per heavy atom. The van der Waals surface area contributed by atoms with Gasteiger partial charge in [-0.05, 0) is 19.3 Å². The average Bonchev–Trinajstić information content (AvgIpc) is 2.80. The lowest BCUT2D eigenvalue weighted by Gasteiger charge is -2.40. The van der Waals surface area contributed by atoms with E-state index in [9.17, 15) is 9.59 Å². The van der Waals surface area contributed by atoms with Crippen LogP contribution in [0.15, 0.2) is 24.3 Å². The van der Waals surface area contributed by atoms with E-state index in [-0.39, 0.29) is 11.8 Å². The molecule has 0 bridgehead atoms. The fourth-order valence-corrected chi connectivity index (χ4v) is 4.44. The first-order chi connectivity index (χ1) is 13.7. The van der Waals surface area contributed by atoms with Crippen molar-refractivity contribution < 1.29 is 14.3 Å². The zero-order valence-electron chi connectivity index (χ0n) is 16.6. The summed E-state index contributed by atoms with van der Waals surface area (Å²) in [6.45, 7) is 7.43. The maximum absolute atomic E-state index is 13.6. The van der Waals surface area contributed by atoms with Crippen molar-refractivity contribution in [2.45, 2.75) is 19.3 Å². The molecule has 2 amide bonds. The highest BCUT2D eigenvalue weighted by Crippen LogP contribution is 2.35. The highest BCUT2D eigenvalue weighted by atomic mass is 16.5. The van der Waals surface area contributed by atoms with E-state index >= 15 is 0 Å². The Bertz CT molecular complexity index is 584. The quantitative estimate of drug-likeness (QED) is 0.711. The van der Waals surface area contributed by atoms with Crippen LogP contribution in [0.3, 0.4) is 0 Å². The van der Waals surface area contributed by atoms with Gasteiger partial charge in [-0.1, -0.05) is 24.3 Å². The molecule has 0 saturated carbocycles. The van der Waals surface area contributed by atoms with Gasteiger partial charge in [0.1, 0.15) is 0 Å². The molecule has 4 rings (SSSR count). The first-order valence-corrected chi connectivity index (χ1v) is 10.6. The van der Waals surface area contributed by atoms with Crippen molar-refractivity contribution in [1.82, 2.24) is 20.0 Å². The Morgan fingerprint density at radius 1 is 0.821 bits per heavy atom. The number of hydrogen-bond donors (Lipinski definition) is 1. The van der Waals surface area contributed by atoms with Gasteiger partial charge in [-0.2, -0.15) is 0 Å². The second-order valence-electron chi connectivity index (χ2n) is 7.96. The van der Waals surface area contributed by atoms with E-state index in [1.54, 1.807) is 4.90 Å². The van der Waals surface area contributed by atoms with Crippen LogP contribution in [0, 0.1) is 11.5 Å². The molecule has 1 radical (unpaired) electrons. The van der Waals surface area contributed by atoms with Gasteiger partial charge in [-0.15, -0.1) is 0 Å². The maximum Gasteiger partial charge on any atom is 0.246 e. The number of rotatable bonds is 3. The Balaban J connectivity index is 1.57. The van der Waals surface area contributed by atoms with Crippen molar-refractivity contribution in [2.24, 2.45) is 5.41 Å². The molecular weight excluding hydrogens is 356 g/mol. The number of nitrogens with one attached hydrogen (secondary N) is 1. The molecule has 3 saturated heterocycles. The monoisotopic (exact) mass is 387 g/mol. The molecule has 0 aromatic heterocycles. The van der Waals surface area contributed by atoms with E-state index in [0.29, 0.717) is 26.3 Å².